The van der Waals surface area contributed by atoms with Crippen molar-refractivity contribution in [1.29, 1.82) is 0 Å². The molecule has 0 N–H and O–H groups in total. The Morgan fingerprint density at radius 1 is 1.07 bits per heavy atom. The Balaban J connectivity index is 2.64. The van der Waals surface area contributed by atoms with Crippen LogP contribution < -0.4 is 0 Å². The summed E-state index contributed by atoms with van der Waals surface area (Å²) in [5.41, 5.74) is -2.33. The van der Waals surface area contributed by atoms with Crippen LogP contribution in [0.3, 0.4) is 0 Å². The van der Waals surface area contributed by atoms with Gasteiger partial charge < -0.3 is 0 Å². The Bertz CT molecular complexity index is 988. The predicted octanol–water partition coefficient (Wildman–Crippen LogP) is 4.86. The van der Waals surface area contributed by atoms with Crippen molar-refractivity contribution in [3.8, 4) is 0 Å². The maximum Gasteiger partial charge on any atom is 0.416 e. The summed E-state index contributed by atoms with van der Waals surface area (Å²) in [6.45, 7) is 1.42. The lowest BCUT2D eigenvalue weighted by Crippen LogP contribution is -2.42. The van der Waals surface area contributed by atoms with Crippen molar-refractivity contribution < 1.29 is 39.2 Å². The number of rotatable bonds is 5. The fraction of sp³-hybridized carbons (Fsp3) is 0.353. The van der Waals surface area contributed by atoms with E-state index < -0.39 is 62.4 Å². The van der Waals surface area contributed by atoms with Crippen molar-refractivity contribution in [2.24, 2.45) is 0 Å². The Labute approximate surface area is 162 Å². The first-order valence-electron chi connectivity index (χ1n) is 8.06. The van der Waals surface area contributed by atoms with Gasteiger partial charge in [-0.3, -0.25) is 4.98 Å². The highest BCUT2D eigenvalue weighted by Gasteiger charge is 2.49. The van der Waals surface area contributed by atoms with E-state index in [-0.39, 0.29) is 4.31 Å². The van der Waals surface area contributed by atoms with Gasteiger partial charge in [0.25, 0.3) is 0 Å². The first-order valence-corrected chi connectivity index (χ1v) is 9.50. The van der Waals surface area contributed by atoms with Crippen LogP contribution in [-0.2, 0) is 16.2 Å². The Hall–Kier alpha value is -2.21. The van der Waals surface area contributed by atoms with Crippen LogP contribution in [0.4, 0.5) is 30.7 Å². The second-order valence-corrected chi connectivity index (χ2v) is 7.95. The van der Waals surface area contributed by atoms with Crippen molar-refractivity contribution in [3.05, 3.63) is 59.2 Å². The zero-order valence-electron chi connectivity index (χ0n) is 15.0. The molecule has 0 amide bonds. The summed E-state index contributed by atoms with van der Waals surface area (Å²) < 4.78 is 119. The van der Waals surface area contributed by atoms with Crippen LogP contribution in [0.1, 0.15) is 29.7 Å². The summed E-state index contributed by atoms with van der Waals surface area (Å²) in [5.74, 6) is -1.07. The third-order valence-corrected chi connectivity index (χ3v) is 5.97. The molecule has 0 aliphatic rings. The molecule has 0 bridgehead atoms. The molecule has 4 nitrogen and oxygen atoms in total. The van der Waals surface area contributed by atoms with Gasteiger partial charge in [-0.15, -0.1) is 0 Å². The van der Waals surface area contributed by atoms with Crippen LogP contribution in [0.15, 0.2) is 41.6 Å². The Morgan fingerprint density at radius 3 is 2.14 bits per heavy atom. The summed E-state index contributed by atoms with van der Waals surface area (Å²) in [7, 11) is -4.87. The molecule has 0 radical (unpaired) electrons. The van der Waals surface area contributed by atoms with E-state index in [1.54, 1.807) is 0 Å². The number of aryl methyl sites for hydroxylation is 1. The third-order valence-electron chi connectivity index (χ3n) is 4.07. The minimum Gasteiger partial charge on any atom is -0.260 e. The molecular formula is C17H15F7N2O2S. The molecule has 1 atom stereocenters. The van der Waals surface area contributed by atoms with Crippen LogP contribution in [0.5, 0.6) is 0 Å². The van der Waals surface area contributed by atoms with Crippen LogP contribution in [0.2, 0.25) is 0 Å². The van der Waals surface area contributed by atoms with Crippen molar-refractivity contribution in [2.45, 2.75) is 37.1 Å². The van der Waals surface area contributed by atoms with E-state index >= 15 is 0 Å². The number of benzene rings is 1. The number of nitrogens with zero attached hydrogens (tertiary/aromatic N) is 2. The van der Waals surface area contributed by atoms with E-state index in [1.807, 2.05) is 0 Å². The van der Waals surface area contributed by atoms with Gasteiger partial charge in [0.1, 0.15) is 16.8 Å². The lowest BCUT2D eigenvalue weighted by Gasteiger charge is -2.32. The van der Waals surface area contributed by atoms with Crippen molar-refractivity contribution >= 4 is 10.0 Å². The molecule has 0 spiro atoms. The van der Waals surface area contributed by atoms with Crippen molar-refractivity contribution in [2.75, 3.05) is 6.54 Å². The van der Waals surface area contributed by atoms with Gasteiger partial charge >= 0.3 is 12.4 Å². The van der Waals surface area contributed by atoms with Crippen LogP contribution in [0, 0.1) is 12.7 Å². The summed E-state index contributed by atoms with van der Waals surface area (Å²) in [6.07, 6.45) is -8.57. The lowest BCUT2D eigenvalue weighted by molar-refractivity contribution is -0.173. The number of hydrogen-bond acceptors (Lipinski definition) is 3. The van der Waals surface area contributed by atoms with Gasteiger partial charge in [-0.1, -0.05) is 19.1 Å². The Morgan fingerprint density at radius 2 is 1.69 bits per heavy atom. The predicted molar refractivity (Wildman–Crippen MR) is 88.7 cm³/mol. The zero-order valence-corrected chi connectivity index (χ0v) is 15.8. The van der Waals surface area contributed by atoms with Crippen LogP contribution in [-0.4, -0.2) is 30.4 Å². The van der Waals surface area contributed by atoms with Gasteiger partial charge in [-0.05, 0) is 30.2 Å². The zero-order chi connectivity index (χ0) is 22.2. The average molecular weight is 444 g/mol. The van der Waals surface area contributed by atoms with Crippen molar-refractivity contribution in [1.82, 2.24) is 9.29 Å². The van der Waals surface area contributed by atoms with Gasteiger partial charge in [0.05, 0.1) is 11.8 Å². The molecule has 0 aliphatic carbocycles. The monoisotopic (exact) mass is 444 g/mol. The average Bonchev–Trinajstić information content (AvgIpc) is 2.57. The number of pyridine rings is 1. The number of aromatic nitrogens is 1. The quantitative estimate of drug-likeness (QED) is 0.619. The van der Waals surface area contributed by atoms with Gasteiger partial charge in [-0.2, -0.15) is 30.6 Å². The van der Waals surface area contributed by atoms with E-state index in [0.29, 0.717) is 36.7 Å². The van der Waals surface area contributed by atoms with E-state index in [2.05, 4.69) is 4.98 Å². The first kappa shape index (κ1) is 23.1. The number of sulfonamides is 1. The van der Waals surface area contributed by atoms with Gasteiger partial charge in [0.15, 0.2) is 0 Å². The Kier molecular flexibility index (Phi) is 6.29. The highest BCUT2D eigenvalue weighted by molar-refractivity contribution is 7.89. The second-order valence-electron chi connectivity index (χ2n) is 6.06. The van der Waals surface area contributed by atoms with Gasteiger partial charge in [-0.25, -0.2) is 12.8 Å². The highest BCUT2D eigenvalue weighted by atomic mass is 32.2. The van der Waals surface area contributed by atoms with E-state index in [9.17, 15) is 39.2 Å². The molecule has 29 heavy (non-hydrogen) atoms. The summed E-state index contributed by atoms with van der Waals surface area (Å²) in [4.78, 5) is 2.52. The van der Waals surface area contributed by atoms with E-state index in [0.717, 1.165) is 13.8 Å². The summed E-state index contributed by atoms with van der Waals surface area (Å²) in [5, 5.41) is 0. The van der Waals surface area contributed by atoms with E-state index in [4.69, 9.17) is 0 Å². The van der Waals surface area contributed by atoms with Crippen LogP contribution >= 0.6 is 0 Å². The smallest absolute Gasteiger partial charge is 0.260 e. The van der Waals surface area contributed by atoms with Crippen LogP contribution in [0.25, 0.3) is 0 Å². The first-order chi connectivity index (χ1) is 13.2. The van der Waals surface area contributed by atoms with E-state index in [1.165, 1.54) is 0 Å². The molecule has 2 aromatic rings. The van der Waals surface area contributed by atoms with Gasteiger partial charge in [0, 0.05) is 12.7 Å². The highest BCUT2D eigenvalue weighted by Crippen LogP contribution is 2.42. The summed E-state index contributed by atoms with van der Waals surface area (Å²) in [6, 6.07) is -0.579. The number of hydrogen-bond donors (Lipinski definition) is 0. The molecule has 2 rings (SSSR count). The molecule has 0 fully saturated rings. The SMILES string of the molecule is CCN(C(c1ccc(C(F)(F)F)c(C)c1)C(F)(F)F)S(=O)(=O)c1cncc(F)c1. The normalized spacial score (nSPS) is 14.3. The molecule has 12 heteroatoms. The number of halogens is 7. The van der Waals surface area contributed by atoms with Gasteiger partial charge in [0.2, 0.25) is 10.0 Å². The maximum absolute atomic E-state index is 13.8. The summed E-state index contributed by atoms with van der Waals surface area (Å²) >= 11 is 0. The van der Waals surface area contributed by atoms with Crippen molar-refractivity contribution in [3.63, 3.8) is 0 Å². The second kappa shape index (κ2) is 7.90. The minimum absolute atomic E-state index is 0.0471. The minimum atomic E-state index is -5.16. The molecule has 1 unspecified atom stereocenters. The largest absolute Gasteiger partial charge is 0.416 e. The molecular weight excluding hydrogens is 429 g/mol. The molecule has 0 aliphatic heterocycles. The standard InChI is InChI=1S/C17H15F7N2O2S/c1-3-26(29(27,28)13-7-12(18)8-25-9-13)15(17(22,23)24)11-4-5-14(10(2)6-11)16(19,20)21/h4-9,15H,3H2,1-2H3. The molecule has 1 heterocycles. The lowest BCUT2D eigenvalue weighted by atomic mass is 9.99. The fourth-order valence-corrected chi connectivity index (χ4v) is 4.44. The molecule has 1 aromatic heterocycles. The number of alkyl halides is 6. The molecule has 0 saturated carbocycles. The molecule has 160 valence electrons. The third kappa shape index (κ3) is 4.86. The fourth-order valence-electron chi connectivity index (χ4n) is 2.85. The topological polar surface area (TPSA) is 50.3 Å². The maximum atomic E-state index is 13.8. The molecule has 0 saturated heterocycles. The molecule has 1 aromatic carbocycles.